The number of rotatable bonds is 7. The highest BCUT2D eigenvalue weighted by Crippen LogP contribution is 2.23. The second-order valence-electron chi connectivity index (χ2n) is 8.74. The number of hydrogen-bond donors (Lipinski definition) is 1. The fourth-order valence-corrected chi connectivity index (χ4v) is 4.68. The van der Waals surface area contributed by atoms with Crippen molar-refractivity contribution in [3.63, 3.8) is 0 Å². The summed E-state index contributed by atoms with van der Waals surface area (Å²) < 4.78 is 0. The van der Waals surface area contributed by atoms with Gasteiger partial charge >= 0.3 is 0 Å². The Kier molecular flexibility index (Phi) is 6.37. The van der Waals surface area contributed by atoms with Crippen molar-refractivity contribution in [2.45, 2.75) is 19.3 Å². The molecule has 5 nitrogen and oxygen atoms in total. The number of nitrogens with one attached hydrogen (secondary N) is 1. The molecule has 1 aliphatic rings. The van der Waals surface area contributed by atoms with E-state index in [-0.39, 0.29) is 0 Å². The van der Waals surface area contributed by atoms with Gasteiger partial charge in [0.2, 0.25) is 0 Å². The predicted molar refractivity (Wildman–Crippen MR) is 134 cm³/mol. The highest BCUT2D eigenvalue weighted by Gasteiger charge is 2.17. The summed E-state index contributed by atoms with van der Waals surface area (Å²) in [5.74, 6) is 1.07. The molecule has 3 heterocycles. The van der Waals surface area contributed by atoms with Gasteiger partial charge in [0, 0.05) is 55.0 Å². The molecule has 0 amide bonds. The first kappa shape index (κ1) is 21.2. The summed E-state index contributed by atoms with van der Waals surface area (Å²) in [5.41, 5.74) is 5.53. The first-order valence-electron chi connectivity index (χ1n) is 11.8. The van der Waals surface area contributed by atoms with E-state index >= 15 is 0 Å². The van der Waals surface area contributed by atoms with Crippen molar-refractivity contribution in [3.05, 3.63) is 84.2 Å². The van der Waals surface area contributed by atoms with Gasteiger partial charge in [0.25, 0.3) is 0 Å². The first-order chi connectivity index (χ1) is 16.3. The molecule has 2 aromatic carbocycles. The van der Waals surface area contributed by atoms with E-state index in [1.807, 2.05) is 30.5 Å². The third-order valence-electron chi connectivity index (χ3n) is 6.62. The van der Waals surface area contributed by atoms with Crippen LogP contribution >= 0.6 is 0 Å². The molecule has 166 valence electrons. The molecule has 1 saturated heterocycles. The Morgan fingerprint density at radius 3 is 2.52 bits per heavy atom. The van der Waals surface area contributed by atoms with Crippen LogP contribution in [0.5, 0.6) is 0 Å². The minimum Gasteiger partial charge on any atom is -0.361 e. The molecule has 5 heteroatoms. The number of anilines is 1. The van der Waals surface area contributed by atoms with Crippen LogP contribution in [0, 0.1) is 11.3 Å². The zero-order chi connectivity index (χ0) is 22.5. The van der Waals surface area contributed by atoms with Crippen LogP contribution in [0.3, 0.4) is 0 Å². The van der Waals surface area contributed by atoms with E-state index in [0.717, 1.165) is 68.0 Å². The van der Waals surface area contributed by atoms with Crippen molar-refractivity contribution in [1.29, 1.82) is 5.26 Å². The van der Waals surface area contributed by atoms with Crippen LogP contribution in [-0.2, 0) is 6.42 Å². The highest BCUT2D eigenvalue weighted by atomic mass is 15.3. The molecular weight excluding hydrogens is 406 g/mol. The molecule has 4 aromatic rings. The summed E-state index contributed by atoms with van der Waals surface area (Å²) >= 11 is 0. The van der Waals surface area contributed by atoms with Gasteiger partial charge in [-0.1, -0.05) is 30.3 Å². The fraction of sp³-hybridized carbons (Fsp3) is 0.286. The summed E-state index contributed by atoms with van der Waals surface area (Å²) in [6.45, 7) is 5.36. The van der Waals surface area contributed by atoms with Crippen molar-refractivity contribution >= 4 is 16.7 Å². The molecule has 1 fully saturated rings. The van der Waals surface area contributed by atoms with Crippen LogP contribution in [0.25, 0.3) is 22.0 Å². The number of fused-ring (bicyclic) bond motifs is 1. The lowest BCUT2D eigenvalue weighted by molar-refractivity contribution is 0.252. The fourth-order valence-electron chi connectivity index (χ4n) is 4.68. The lowest BCUT2D eigenvalue weighted by Crippen LogP contribution is -2.46. The number of aromatic nitrogens is 2. The number of aromatic amines is 1. The standard InChI is InChI=1S/C28H29N5/c29-19-22-9-11-27-26(18-22)25(21-30-27)8-4-5-13-32-14-16-33(17-15-32)28-12-10-24(20-31-28)23-6-2-1-3-7-23/h1-3,6-7,9-12,18,20-21,30H,4-5,8,13-17H2. The zero-order valence-corrected chi connectivity index (χ0v) is 18.9. The molecule has 1 N–H and O–H groups in total. The Hall–Kier alpha value is -3.62. The van der Waals surface area contributed by atoms with Gasteiger partial charge in [0.15, 0.2) is 0 Å². The second-order valence-corrected chi connectivity index (χ2v) is 8.74. The van der Waals surface area contributed by atoms with Gasteiger partial charge in [0.1, 0.15) is 5.82 Å². The Morgan fingerprint density at radius 2 is 1.76 bits per heavy atom. The van der Waals surface area contributed by atoms with E-state index in [1.165, 1.54) is 22.9 Å². The molecule has 1 aliphatic heterocycles. The van der Waals surface area contributed by atoms with Gasteiger partial charge in [0.05, 0.1) is 11.6 Å². The summed E-state index contributed by atoms with van der Waals surface area (Å²) in [6.07, 6.45) is 7.48. The molecule has 5 rings (SSSR count). The van der Waals surface area contributed by atoms with Crippen molar-refractivity contribution in [2.75, 3.05) is 37.6 Å². The lowest BCUT2D eigenvalue weighted by Gasteiger charge is -2.35. The highest BCUT2D eigenvalue weighted by molar-refractivity contribution is 5.84. The Balaban J connectivity index is 1.07. The maximum Gasteiger partial charge on any atom is 0.128 e. The van der Waals surface area contributed by atoms with Crippen molar-refractivity contribution < 1.29 is 0 Å². The smallest absolute Gasteiger partial charge is 0.128 e. The molecule has 0 unspecified atom stereocenters. The average molecular weight is 436 g/mol. The minimum atomic E-state index is 0.727. The number of benzene rings is 2. The SMILES string of the molecule is N#Cc1ccc2[nH]cc(CCCCN3CCN(c4ccc(-c5ccccc5)cn4)CC3)c2c1. The van der Waals surface area contributed by atoms with Gasteiger partial charge in [-0.05, 0) is 67.3 Å². The van der Waals surface area contributed by atoms with Gasteiger partial charge in [-0.2, -0.15) is 5.26 Å². The average Bonchev–Trinajstić information content (AvgIpc) is 3.29. The molecule has 0 atom stereocenters. The van der Waals surface area contributed by atoms with E-state index in [0.29, 0.717) is 0 Å². The normalized spacial score (nSPS) is 14.5. The molecule has 0 saturated carbocycles. The largest absolute Gasteiger partial charge is 0.361 e. The molecule has 0 spiro atoms. The summed E-state index contributed by atoms with van der Waals surface area (Å²) in [5, 5.41) is 10.3. The van der Waals surface area contributed by atoms with E-state index in [2.05, 4.69) is 63.4 Å². The van der Waals surface area contributed by atoms with Gasteiger partial charge in [-0.3, -0.25) is 4.90 Å². The molecule has 0 aliphatic carbocycles. The van der Waals surface area contributed by atoms with E-state index in [1.54, 1.807) is 0 Å². The predicted octanol–water partition coefficient (Wildman–Crippen LogP) is 5.25. The van der Waals surface area contributed by atoms with Gasteiger partial charge < -0.3 is 9.88 Å². The number of piperazine rings is 1. The van der Waals surface area contributed by atoms with Crippen LogP contribution in [0.1, 0.15) is 24.0 Å². The zero-order valence-electron chi connectivity index (χ0n) is 18.9. The number of unbranched alkanes of at least 4 members (excludes halogenated alkanes) is 1. The molecule has 33 heavy (non-hydrogen) atoms. The van der Waals surface area contributed by atoms with E-state index in [4.69, 9.17) is 10.2 Å². The quantitative estimate of drug-likeness (QED) is 0.403. The van der Waals surface area contributed by atoms with Crippen LogP contribution in [0.4, 0.5) is 5.82 Å². The summed E-state index contributed by atoms with van der Waals surface area (Å²) in [7, 11) is 0. The van der Waals surface area contributed by atoms with Crippen LogP contribution < -0.4 is 4.90 Å². The number of nitrogens with zero attached hydrogens (tertiary/aromatic N) is 4. The van der Waals surface area contributed by atoms with Gasteiger partial charge in [-0.25, -0.2) is 4.98 Å². The number of nitriles is 1. The van der Waals surface area contributed by atoms with Crippen LogP contribution in [0.2, 0.25) is 0 Å². The maximum atomic E-state index is 9.16. The minimum absolute atomic E-state index is 0.727. The van der Waals surface area contributed by atoms with E-state index < -0.39 is 0 Å². The van der Waals surface area contributed by atoms with Crippen molar-refractivity contribution in [1.82, 2.24) is 14.9 Å². The van der Waals surface area contributed by atoms with Crippen LogP contribution in [-0.4, -0.2) is 47.6 Å². The molecule has 2 aromatic heterocycles. The van der Waals surface area contributed by atoms with Crippen LogP contribution in [0.15, 0.2) is 73.1 Å². The Bertz CT molecular complexity index is 1230. The molecule has 0 bridgehead atoms. The Morgan fingerprint density at radius 1 is 0.909 bits per heavy atom. The van der Waals surface area contributed by atoms with Gasteiger partial charge in [-0.15, -0.1) is 0 Å². The van der Waals surface area contributed by atoms with Crippen molar-refractivity contribution in [3.8, 4) is 17.2 Å². The Labute approximate surface area is 195 Å². The molecular formula is C28H29N5. The topological polar surface area (TPSA) is 59.0 Å². The van der Waals surface area contributed by atoms with Crippen molar-refractivity contribution in [2.24, 2.45) is 0 Å². The third-order valence-corrected chi connectivity index (χ3v) is 6.62. The maximum absolute atomic E-state index is 9.16. The number of pyridine rings is 1. The molecule has 0 radical (unpaired) electrons. The second kappa shape index (κ2) is 9.89. The number of aryl methyl sites for hydroxylation is 1. The summed E-state index contributed by atoms with van der Waals surface area (Å²) in [6, 6.07) is 22.9. The summed E-state index contributed by atoms with van der Waals surface area (Å²) in [4.78, 5) is 13.0. The van der Waals surface area contributed by atoms with E-state index in [9.17, 15) is 0 Å². The third kappa shape index (κ3) is 4.92. The lowest BCUT2D eigenvalue weighted by atomic mass is 10.1. The number of hydrogen-bond acceptors (Lipinski definition) is 4. The number of H-pyrrole nitrogens is 1. The monoisotopic (exact) mass is 435 g/mol. The first-order valence-corrected chi connectivity index (χ1v) is 11.8.